The number of fused-ring (bicyclic) bond motifs is 1. The highest BCUT2D eigenvalue weighted by Gasteiger charge is 2.22. The van der Waals surface area contributed by atoms with Crippen molar-refractivity contribution in [2.75, 3.05) is 19.8 Å². The normalized spacial score (nSPS) is 14.3. The second-order valence-electron chi connectivity index (χ2n) is 7.03. The summed E-state index contributed by atoms with van der Waals surface area (Å²) >= 11 is 1.35. The van der Waals surface area contributed by atoms with Gasteiger partial charge in [-0.25, -0.2) is 4.79 Å². The lowest BCUT2D eigenvalue weighted by atomic mass is 9.95. The quantitative estimate of drug-likeness (QED) is 0.741. The zero-order chi connectivity index (χ0) is 20.1. The van der Waals surface area contributed by atoms with E-state index in [0.717, 1.165) is 22.6 Å². The standard InChI is InChI=1S/C21H25NO5S/c1-13(2)20(15-6-7-16-17(11-15)26-10-4-9-25-16)22-19(23)12-27-21(24)18-8-5-14(3)28-18/h5-8,11,13,20H,4,9-10,12H2,1-3H3,(H,22,23)/t20-/m1/s1. The zero-order valence-electron chi connectivity index (χ0n) is 16.3. The summed E-state index contributed by atoms with van der Waals surface area (Å²) in [6.07, 6.45) is 0.837. The lowest BCUT2D eigenvalue weighted by Crippen LogP contribution is -2.35. The predicted molar refractivity (Wildman–Crippen MR) is 107 cm³/mol. The molecule has 1 aromatic carbocycles. The molecular formula is C21H25NO5S. The molecule has 1 N–H and O–H groups in total. The van der Waals surface area contributed by atoms with Crippen molar-refractivity contribution in [1.82, 2.24) is 5.32 Å². The molecule has 0 unspecified atom stereocenters. The lowest BCUT2D eigenvalue weighted by Gasteiger charge is -2.23. The van der Waals surface area contributed by atoms with Crippen molar-refractivity contribution in [2.45, 2.75) is 33.2 Å². The fraction of sp³-hybridized carbons (Fsp3) is 0.429. The molecule has 0 bridgehead atoms. The van der Waals surface area contributed by atoms with Crippen molar-refractivity contribution in [1.29, 1.82) is 0 Å². The van der Waals surface area contributed by atoms with Crippen molar-refractivity contribution in [3.8, 4) is 11.5 Å². The predicted octanol–water partition coefficient (Wildman–Crippen LogP) is 3.89. The highest BCUT2D eigenvalue weighted by atomic mass is 32.1. The van der Waals surface area contributed by atoms with Crippen LogP contribution in [0, 0.1) is 12.8 Å². The summed E-state index contributed by atoms with van der Waals surface area (Å²) in [5, 5.41) is 2.96. The fourth-order valence-electron chi connectivity index (χ4n) is 2.97. The number of thiophene rings is 1. The SMILES string of the molecule is Cc1ccc(C(=O)OCC(=O)N[C@@H](c2ccc3c(c2)OCCCO3)C(C)C)s1. The van der Waals surface area contributed by atoms with Crippen LogP contribution < -0.4 is 14.8 Å². The number of benzene rings is 1. The number of hydrogen-bond donors (Lipinski definition) is 1. The molecule has 1 atom stereocenters. The van der Waals surface area contributed by atoms with Gasteiger partial charge in [0.2, 0.25) is 0 Å². The summed E-state index contributed by atoms with van der Waals surface area (Å²) in [7, 11) is 0. The molecule has 2 aromatic rings. The van der Waals surface area contributed by atoms with Gasteiger partial charge in [-0.05, 0) is 42.7 Å². The Kier molecular flexibility index (Phi) is 6.57. The molecule has 7 heteroatoms. The molecule has 0 saturated heterocycles. The first-order chi connectivity index (χ1) is 13.4. The van der Waals surface area contributed by atoms with Gasteiger partial charge in [0.1, 0.15) is 4.88 Å². The Labute approximate surface area is 168 Å². The van der Waals surface area contributed by atoms with Gasteiger partial charge < -0.3 is 19.5 Å². The molecule has 0 saturated carbocycles. The maximum absolute atomic E-state index is 12.4. The Morgan fingerprint density at radius 2 is 1.89 bits per heavy atom. The van der Waals surface area contributed by atoms with Crippen LogP contribution in [-0.4, -0.2) is 31.7 Å². The third-order valence-corrected chi connectivity index (χ3v) is 5.37. The fourth-order valence-corrected chi connectivity index (χ4v) is 3.73. The maximum atomic E-state index is 12.4. The van der Waals surface area contributed by atoms with Crippen molar-refractivity contribution in [2.24, 2.45) is 5.92 Å². The summed E-state index contributed by atoms with van der Waals surface area (Å²) < 4.78 is 16.6. The molecule has 150 valence electrons. The number of carbonyl (C=O) groups excluding carboxylic acids is 2. The minimum atomic E-state index is -0.482. The van der Waals surface area contributed by atoms with Gasteiger partial charge in [-0.1, -0.05) is 19.9 Å². The monoisotopic (exact) mass is 403 g/mol. The number of hydrogen-bond acceptors (Lipinski definition) is 6. The van der Waals surface area contributed by atoms with Crippen LogP contribution in [0.3, 0.4) is 0 Å². The van der Waals surface area contributed by atoms with E-state index >= 15 is 0 Å². The van der Waals surface area contributed by atoms with Crippen molar-refractivity contribution < 1.29 is 23.8 Å². The first-order valence-corrected chi connectivity index (χ1v) is 10.2. The van der Waals surface area contributed by atoms with Crippen LogP contribution in [0.4, 0.5) is 0 Å². The smallest absolute Gasteiger partial charge is 0.348 e. The molecule has 6 nitrogen and oxygen atoms in total. The average molecular weight is 404 g/mol. The van der Waals surface area contributed by atoms with E-state index in [2.05, 4.69) is 5.32 Å². The topological polar surface area (TPSA) is 73.9 Å². The van der Waals surface area contributed by atoms with E-state index < -0.39 is 5.97 Å². The van der Waals surface area contributed by atoms with E-state index in [-0.39, 0.29) is 24.5 Å². The second-order valence-corrected chi connectivity index (χ2v) is 8.32. The summed E-state index contributed by atoms with van der Waals surface area (Å²) in [6.45, 7) is 6.88. The number of aryl methyl sites for hydroxylation is 1. The maximum Gasteiger partial charge on any atom is 0.348 e. The van der Waals surface area contributed by atoms with Gasteiger partial charge >= 0.3 is 5.97 Å². The molecule has 0 spiro atoms. The van der Waals surface area contributed by atoms with Crippen LogP contribution in [0.1, 0.15) is 46.4 Å². The molecule has 0 fully saturated rings. The zero-order valence-corrected chi connectivity index (χ0v) is 17.1. The van der Waals surface area contributed by atoms with Crippen molar-refractivity contribution >= 4 is 23.2 Å². The van der Waals surface area contributed by atoms with Crippen LogP contribution in [0.5, 0.6) is 11.5 Å². The second kappa shape index (κ2) is 9.10. The number of rotatable bonds is 6. The molecule has 1 aliphatic rings. The summed E-state index contributed by atoms with van der Waals surface area (Å²) in [4.78, 5) is 25.9. The molecule has 1 aromatic heterocycles. The van der Waals surface area contributed by atoms with Gasteiger partial charge in [0.05, 0.1) is 19.3 Å². The number of carbonyl (C=O) groups is 2. The van der Waals surface area contributed by atoms with E-state index in [1.165, 1.54) is 11.3 Å². The molecule has 1 amide bonds. The molecule has 28 heavy (non-hydrogen) atoms. The van der Waals surface area contributed by atoms with E-state index in [1.54, 1.807) is 6.07 Å². The number of nitrogens with one attached hydrogen (secondary N) is 1. The lowest BCUT2D eigenvalue weighted by molar-refractivity contribution is -0.125. The molecule has 2 heterocycles. The van der Waals surface area contributed by atoms with Gasteiger partial charge in [-0.3, -0.25) is 4.79 Å². The van der Waals surface area contributed by atoms with Crippen LogP contribution in [0.15, 0.2) is 30.3 Å². The molecule has 1 aliphatic heterocycles. The first kappa shape index (κ1) is 20.2. The van der Waals surface area contributed by atoms with Crippen LogP contribution >= 0.6 is 11.3 Å². The highest BCUT2D eigenvalue weighted by Crippen LogP contribution is 2.34. The minimum Gasteiger partial charge on any atom is -0.490 e. The Hall–Kier alpha value is -2.54. The van der Waals surface area contributed by atoms with Gasteiger partial charge in [-0.15, -0.1) is 11.3 Å². The Morgan fingerprint density at radius 3 is 2.57 bits per heavy atom. The van der Waals surface area contributed by atoms with E-state index in [1.807, 2.05) is 45.0 Å². The van der Waals surface area contributed by atoms with Gasteiger partial charge in [0.25, 0.3) is 5.91 Å². The highest BCUT2D eigenvalue weighted by molar-refractivity contribution is 7.13. The minimum absolute atomic E-state index is 0.143. The summed E-state index contributed by atoms with van der Waals surface area (Å²) in [5.74, 6) is 0.728. The van der Waals surface area contributed by atoms with Crippen molar-refractivity contribution in [3.63, 3.8) is 0 Å². The Bertz CT molecular complexity index is 845. The van der Waals surface area contributed by atoms with Gasteiger partial charge in [0.15, 0.2) is 18.1 Å². The summed E-state index contributed by atoms with van der Waals surface area (Å²) in [5.41, 5.74) is 0.924. The number of amides is 1. The third-order valence-electron chi connectivity index (χ3n) is 4.39. The van der Waals surface area contributed by atoms with Crippen LogP contribution in [-0.2, 0) is 9.53 Å². The third kappa shape index (κ3) is 5.04. The first-order valence-electron chi connectivity index (χ1n) is 9.36. The van der Waals surface area contributed by atoms with Crippen LogP contribution in [0.25, 0.3) is 0 Å². The number of ether oxygens (including phenoxy) is 3. The van der Waals surface area contributed by atoms with Gasteiger partial charge in [0, 0.05) is 11.3 Å². The molecule has 0 aliphatic carbocycles. The number of esters is 1. The molecule has 3 rings (SSSR count). The average Bonchev–Trinajstić information content (AvgIpc) is 2.97. The van der Waals surface area contributed by atoms with Crippen LogP contribution in [0.2, 0.25) is 0 Å². The summed E-state index contributed by atoms with van der Waals surface area (Å²) in [6, 6.07) is 9.03. The molecular weight excluding hydrogens is 378 g/mol. The van der Waals surface area contributed by atoms with Gasteiger partial charge in [-0.2, -0.15) is 0 Å². The van der Waals surface area contributed by atoms with E-state index in [0.29, 0.717) is 23.8 Å². The van der Waals surface area contributed by atoms with Crippen molar-refractivity contribution in [3.05, 3.63) is 45.6 Å². The largest absolute Gasteiger partial charge is 0.490 e. The molecule has 0 radical (unpaired) electrons. The Morgan fingerprint density at radius 1 is 1.14 bits per heavy atom. The van der Waals surface area contributed by atoms with E-state index in [9.17, 15) is 9.59 Å². The Balaban J connectivity index is 1.63. The van der Waals surface area contributed by atoms with E-state index in [4.69, 9.17) is 14.2 Å².